The number of carboxylic acid groups (broad SMARTS) is 2. The van der Waals surface area contributed by atoms with E-state index in [0.29, 0.717) is 17.8 Å². The molecule has 0 atom stereocenters. The predicted molar refractivity (Wildman–Crippen MR) is 132 cm³/mol. The Hall–Kier alpha value is -4.03. The summed E-state index contributed by atoms with van der Waals surface area (Å²) in [6, 6.07) is 13.7. The minimum atomic E-state index is -3.81. The number of carboxylic acids is 2. The second kappa shape index (κ2) is 12.1. The first-order chi connectivity index (χ1) is 16.8. The number of carbonyl (C=O) groups is 3. The van der Waals surface area contributed by atoms with Crippen molar-refractivity contribution in [2.75, 3.05) is 11.9 Å². The number of rotatable bonds is 7. The zero-order valence-corrected chi connectivity index (χ0v) is 20.8. The van der Waals surface area contributed by atoms with Crippen LogP contribution in [0.4, 0.5) is 5.69 Å². The van der Waals surface area contributed by atoms with Crippen molar-refractivity contribution in [3.63, 3.8) is 0 Å². The minimum absolute atomic E-state index is 0.0183. The molecule has 1 amide bonds. The molecule has 0 aliphatic carbocycles. The van der Waals surface area contributed by atoms with Gasteiger partial charge in [-0.1, -0.05) is 45.0 Å². The number of nitrogens with one attached hydrogen (secondary N) is 3. The fraction of sp³-hybridized carbons (Fsp3) is 0.250. The molecule has 1 heterocycles. The van der Waals surface area contributed by atoms with Crippen molar-refractivity contribution < 1.29 is 33.0 Å². The van der Waals surface area contributed by atoms with Crippen molar-refractivity contribution in [3.05, 3.63) is 77.9 Å². The average molecular weight is 517 g/mol. The van der Waals surface area contributed by atoms with Crippen LogP contribution >= 0.6 is 0 Å². The number of aliphatic carboxylic acids is 2. The van der Waals surface area contributed by atoms with Gasteiger partial charge in [-0.3, -0.25) is 4.79 Å². The maximum atomic E-state index is 12.8. The van der Waals surface area contributed by atoms with Gasteiger partial charge in [-0.15, -0.1) is 0 Å². The van der Waals surface area contributed by atoms with Crippen LogP contribution in [0.25, 0.3) is 0 Å². The van der Waals surface area contributed by atoms with Crippen LogP contribution in [0.15, 0.2) is 65.8 Å². The summed E-state index contributed by atoms with van der Waals surface area (Å²) in [4.78, 5) is 38.0. The number of hydrogen-bond acceptors (Lipinski definition) is 6. The Labute approximate surface area is 208 Å². The maximum absolute atomic E-state index is 12.8. The van der Waals surface area contributed by atoms with Gasteiger partial charge in [-0.05, 0) is 35.2 Å². The number of carbonyl (C=O) groups excluding carboxylic acids is 1. The third kappa shape index (κ3) is 8.32. The van der Waals surface area contributed by atoms with Crippen LogP contribution in [0.3, 0.4) is 0 Å². The second-order valence-corrected chi connectivity index (χ2v) is 10.3. The van der Waals surface area contributed by atoms with E-state index < -0.39 is 22.0 Å². The molecule has 12 heteroatoms. The molecule has 0 bridgehead atoms. The average Bonchev–Trinajstić information content (AvgIpc) is 3.32. The number of aromatic nitrogens is 2. The number of hydrogen-bond donors (Lipinski definition) is 5. The molecular weight excluding hydrogens is 488 g/mol. The molecule has 0 saturated heterocycles. The molecule has 0 unspecified atom stereocenters. The van der Waals surface area contributed by atoms with Crippen LogP contribution in [0.2, 0.25) is 0 Å². The molecule has 0 aliphatic rings. The number of nitrogens with zero attached hydrogens (tertiary/aromatic N) is 1. The molecule has 0 saturated carbocycles. The van der Waals surface area contributed by atoms with E-state index in [2.05, 4.69) is 40.8 Å². The summed E-state index contributed by atoms with van der Waals surface area (Å²) in [5.41, 5.74) is 1.63. The van der Waals surface area contributed by atoms with Gasteiger partial charge in [0.15, 0.2) is 0 Å². The standard InChI is InChI=1S/C22H26N4O3S.C2H2O4/c1-22(2,3)17-8-6-7-16(15-17)21(27)26-18-9-4-5-10-19(18)30(28,29)25-12-11-20-23-13-14-24-20;3-1(4)2(5)6/h4-10,13-15,25H,11-12H2,1-3H3,(H,23,24)(H,26,27);(H,3,4)(H,5,6). The monoisotopic (exact) mass is 516 g/mol. The van der Waals surface area contributed by atoms with E-state index in [-0.39, 0.29) is 28.4 Å². The summed E-state index contributed by atoms with van der Waals surface area (Å²) in [6.45, 7) is 6.40. The summed E-state index contributed by atoms with van der Waals surface area (Å²) >= 11 is 0. The Morgan fingerprint density at radius 1 is 1.00 bits per heavy atom. The predicted octanol–water partition coefficient (Wildman–Crippen LogP) is 2.64. The number of imidazole rings is 1. The van der Waals surface area contributed by atoms with Gasteiger partial charge in [0.2, 0.25) is 10.0 Å². The van der Waals surface area contributed by atoms with Gasteiger partial charge in [-0.25, -0.2) is 27.7 Å². The van der Waals surface area contributed by atoms with E-state index in [1.54, 1.807) is 36.7 Å². The molecule has 0 fully saturated rings. The number of aromatic amines is 1. The van der Waals surface area contributed by atoms with E-state index in [4.69, 9.17) is 19.8 Å². The zero-order valence-electron chi connectivity index (χ0n) is 20.0. The Bertz CT molecular complexity index is 1300. The fourth-order valence-corrected chi connectivity index (χ4v) is 4.13. The summed E-state index contributed by atoms with van der Waals surface area (Å²) in [6.07, 6.45) is 3.73. The Morgan fingerprint density at radius 3 is 2.25 bits per heavy atom. The van der Waals surface area contributed by atoms with Crippen molar-refractivity contribution in [1.29, 1.82) is 0 Å². The highest BCUT2D eigenvalue weighted by molar-refractivity contribution is 7.89. The second-order valence-electron chi connectivity index (χ2n) is 8.58. The molecule has 36 heavy (non-hydrogen) atoms. The molecule has 0 radical (unpaired) electrons. The SMILES string of the molecule is CC(C)(C)c1cccc(C(=O)Nc2ccccc2S(=O)(=O)NCCc2ncc[nH]2)c1.O=C(O)C(=O)O. The third-order valence-corrected chi connectivity index (χ3v) is 6.33. The topological polar surface area (TPSA) is 179 Å². The van der Waals surface area contributed by atoms with Crippen molar-refractivity contribution in [2.45, 2.75) is 37.5 Å². The van der Waals surface area contributed by atoms with Crippen LogP contribution in [0, 0.1) is 0 Å². The summed E-state index contributed by atoms with van der Waals surface area (Å²) in [5.74, 6) is -3.32. The number of benzene rings is 2. The lowest BCUT2D eigenvalue weighted by atomic mass is 9.86. The van der Waals surface area contributed by atoms with E-state index in [0.717, 1.165) is 5.56 Å². The molecule has 2 aromatic carbocycles. The molecule has 0 aliphatic heterocycles. The van der Waals surface area contributed by atoms with Crippen LogP contribution in [-0.2, 0) is 31.4 Å². The van der Waals surface area contributed by atoms with Crippen LogP contribution in [0.5, 0.6) is 0 Å². The summed E-state index contributed by atoms with van der Waals surface area (Å²) in [5, 5.41) is 17.5. The molecule has 1 aromatic heterocycles. The zero-order chi connectivity index (χ0) is 26.9. The fourth-order valence-electron chi connectivity index (χ4n) is 2.94. The van der Waals surface area contributed by atoms with Crippen molar-refractivity contribution in [2.24, 2.45) is 0 Å². The van der Waals surface area contributed by atoms with Gasteiger partial charge in [0.05, 0.1) is 5.69 Å². The Balaban J connectivity index is 0.000000678. The van der Waals surface area contributed by atoms with Gasteiger partial charge >= 0.3 is 11.9 Å². The smallest absolute Gasteiger partial charge is 0.414 e. The van der Waals surface area contributed by atoms with Crippen molar-refractivity contribution in [1.82, 2.24) is 14.7 Å². The van der Waals surface area contributed by atoms with Crippen molar-refractivity contribution in [3.8, 4) is 0 Å². The quantitative estimate of drug-likeness (QED) is 0.297. The maximum Gasteiger partial charge on any atom is 0.414 e. The highest BCUT2D eigenvalue weighted by Gasteiger charge is 2.21. The van der Waals surface area contributed by atoms with Crippen molar-refractivity contribution >= 4 is 33.6 Å². The first-order valence-electron chi connectivity index (χ1n) is 10.8. The lowest BCUT2D eigenvalue weighted by molar-refractivity contribution is -0.159. The number of anilines is 1. The van der Waals surface area contributed by atoms with E-state index in [1.807, 2.05) is 18.2 Å². The first kappa shape index (κ1) is 28.2. The normalized spacial score (nSPS) is 11.2. The third-order valence-electron chi connectivity index (χ3n) is 4.81. The highest BCUT2D eigenvalue weighted by Crippen LogP contribution is 2.25. The van der Waals surface area contributed by atoms with Crippen LogP contribution in [0.1, 0.15) is 42.5 Å². The van der Waals surface area contributed by atoms with Gasteiger partial charge in [0.1, 0.15) is 10.7 Å². The summed E-state index contributed by atoms with van der Waals surface area (Å²) < 4.78 is 28.1. The van der Waals surface area contributed by atoms with Gasteiger partial charge in [-0.2, -0.15) is 0 Å². The Morgan fingerprint density at radius 2 is 1.67 bits per heavy atom. The first-order valence-corrected chi connectivity index (χ1v) is 12.2. The van der Waals surface area contributed by atoms with E-state index in [1.165, 1.54) is 6.07 Å². The lowest BCUT2D eigenvalue weighted by Crippen LogP contribution is -2.27. The molecule has 5 N–H and O–H groups in total. The largest absolute Gasteiger partial charge is 0.473 e. The minimum Gasteiger partial charge on any atom is -0.473 e. The van der Waals surface area contributed by atoms with Crippen LogP contribution in [-0.4, -0.2) is 53.0 Å². The van der Waals surface area contributed by atoms with Gasteiger partial charge in [0, 0.05) is 30.9 Å². The summed E-state index contributed by atoms with van der Waals surface area (Å²) in [7, 11) is -3.81. The number of sulfonamides is 1. The molecule has 0 spiro atoms. The molecular formula is C24H28N4O7S. The van der Waals surface area contributed by atoms with Gasteiger partial charge in [0.25, 0.3) is 5.91 Å². The Kier molecular flexibility index (Phi) is 9.47. The highest BCUT2D eigenvalue weighted by atomic mass is 32.2. The number of H-pyrrole nitrogens is 1. The molecule has 3 rings (SSSR count). The lowest BCUT2D eigenvalue weighted by Gasteiger charge is -2.19. The van der Waals surface area contributed by atoms with Crippen LogP contribution < -0.4 is 10.0 Å². The molecule has 11 nitrogen and oxygen atoms in total. The van der Waals surface area contributed by atoms with E-state index in [9.17, 15) is 13.2 Å². The number of para-hydroxylation sites is 1. The molecule has 192 valence electrons. The number of amides is 1. The van der Waals surface area contributed by atoms with E-state index >= 15 is 0 Å². The van der Waals surface area contributed by atoms with Gasteiger partial charge < -0.3 is 20.5 Å². The molecule has 3 aromatic rings.